The fourth-order valence-electron chi connectivity index (χ4n) is 4.03. The van der Waals surface area contributed by atoms with Gasteiger partial charge in [0.1, 0.15) is 5.82 Å². The number of para-hydroxylation sites is 1. The molecule has 30 heavy (non-hydrogen) atoms. The number of anilines is 1. The van der Waals surface area contributed by atoms with Crippen LogP contribution in [0.3, 0.4) is 0 Å². The molecule has 2 aromatic carbocycles. The zero-order valence-corrected chi connectivity index (χ0v) is 18.2. The Labute approximate surface area is 180 Å². The maximum atomic E-state index is 13.3. The smallest absolute Gasteiger partial charge is 0.354 e. The van der Waals surface area contributed by atoms with Gasteiger partial charge in [-0.05, 0) is 43.2 Å². The molecule has 1 heterocycles. The lowest BCUT2D eigenvalue weighted by molar-refractivity contribution is 0.286. The van der Waals surface area contributed by atoms with Crippen LogP contribution in [0.5, 0.6) is 0 Å². The minimum absolute atomic E-state index is 0.0296. The molecule has 0 spiro atoms. The number of aromatic nitrogens is 2. The predicted octanol–water partition coefficient (Wildman–Crippen LogP) is 3.57. The summed E-state index contributed by atoms with van der Waals surface area (Å²) < 4.78 is 29.1. The number of benzene rings is 2. The van der Waals surface area contributed by atoms with E-state index in [0.717, 1.165) is 36.7 Å². The SMILES string of the molecule is CN(C1CCCCC1)S(=O)(=O)c1ccc(Cl)c(-n2c(N)c3ccccc3nc2=O)c1. The lowest BCUT2D eigenvalue weighted by atomic mass is 9.96. The van der Waals surface area contributed by atoms with Crippen molar-refractivity contribution in [1.82, 2.24) is 13.9 Å². The quantitative estimate of drug-likeness (QED) is 0.660. The molecular weight excluding hydrogens is 424 g/mol. The summed E-state index contributed by atoms with van der Waals surface area (Å²) in [5, 5.41) is 0.793. The van der Waals surface area contributed by atoms with Gasteiger partial charge in [0, 0.05) is 18.5 Å². The molecule has 0 aliphatic heterocycles. The molecule has 9 heteroatoms. The molecule has 0 atom stereocenters. The first kappa shape index (κ1) is 20.8. The standard InChI is InChI=1S/C21H23ClN4O3S/c1-25(14-7-3-2-4-8-14)30(28,29)15-11-12-17(22)19(13-15)26-20(23)16-9-5-6-10-18(16)24-21(26)27/h5-6,9-14H,2-4,7-8,23H2,1H3. The van der Waals surface area contributed by atoms with Crippen molar-refractivity contribution in [2.24, 2.45) is 0 Å². The molecule has 158 valence electrons. The molecule has 1 fully saturated rings. The summed E-state index contributed by atoms with van der Waals surface area (Å²) in [7, 11) is -2.15. The van der Waals surface area contributed by atoms with Crippen LogP contribution in [0.1, 0.15) is 32.1 Å². The Morgan fingerprint density at radius 3 is 2.57 bits per heavy atom. The van der Waals surface area contributed by atoms with Gasteiger partial charge >= 0.3 is 5.69 Å². The Bertz CT molecular complexity index is 1270. The van der Waals surface area contributed by atoms with Crippen LogP contribution in [0.15, 0.2) is 52.2 Å². The molecule has 0 unspecified atom stereocenters. The van der Waals surface area contributed by atoms with E-state index in [0.29, 0.717) is 10.9 Å². The first-order chi connectivity index (χ1) is 14.3. The molecule has 0 radical (unpaired) electrons. The van der Waals surface area contributed by atoms with E-state index in [1.807, 2.05) is 0 Å². The fourth-order valence-corrected chi connectivity index (χ4v) is 5.67. The summed E-state index contributed by atoms with van der Waals surface area (Å²) in [6.07, 6.45) is 4.86. The molecule has 3 aromatic rings. The average molecular weight is 447 g/mol. The molecule has 2 N–H and O–H groups in total. The molecular formula is C21H23ClN4O3S. The number of hydrogen-bond donors (Lipinski definition) is 1. The van der Waals surface area contributed by atoms with E-state index in [2.05, 4.69) is 4.98 Å². The number of halogens is 1. The van der Waals surface area contributed by atoms with Gasteiger partial charge in [-0.2, -0.15) is 9.29 Å². The number of rotatable bonds is 4. The van der Waals surface area contributed by atoms with Crippen molar-refractivity contribution < 1.29 is 8.42 Å². The van der Waals surface area contributed by atoms with Gasteiger partial charge < -0.3 is 5.73 Å². The summed E-state index contributed by atoms with van der Waals surface area (Å²) in [5.74, 6) is 0.155. The van der Waals surface area contributed by atoms with Crippen LogP contribution in [-0.4, -0.2) is 35.4 Å². The van der Waals surface area contributed by atoms with Crippen molar-refractivity contribution in [3.05, 3.63) is 58.0 Å². The second kappa shape index (κ2) is 8.02. The van der Waals surface area contributed by atoms with E-state index in [4.69, 9.17) is 17.3 Å². The minimum Gasteiger partial charge on any atom is -0.384 e. The minimum atomic E-state index is -3.76. The molecule has 1 aromatic heterocycles. The van der Waals surface area contributed by atoms with E-state index in [1.165, 1.54) is 22.5 Å². The summed E-state index contributed by atoms with van der Waals surface area (Å²) >= 11 is 6.35. The summed E-state index contributed by atoms with van der Waals surface area (Å²) in [5.41, 5.74) is 6.30. The van der Waals surface area contributed by atoms with Crippen molar-refractivity contribution >= 4 is 38.3 Å². The van der Waals surface area contributed by atoms with Crippen molar-refractivity contribution in [2.45, 2.75) is 43.0 Å². The molecule has 0 saturated heterocycles. The first-order valence-electron chi connectivity index (χ1n) is 9.86. The van der Waals surface area contributed by atoms with Crippen LogP contribution < -0.4 is 11.4 Å². The van der Waals surface area contributed by atoms with Gasteiger partial charge in [0.05, 0.1) is 21.1 Å². The van der Waals surface area contributed by atoms with Gasteiger partial charge in [0.25, 0.3) is 0 Å². The Hall–Kier alpha value is -2.42. The summed E-state index contributed by atoms with van der Waals surface area (Å²) in [4.78, 5) is 16.8. The lowest BCUT2D eigenvalue weighted by Gasteiger charge is -2.30. The van der Waals surface area contributed by atoms with E-state index in [9.17, 15) is 13.2 Å². The maximum absolute atomic E-state index is 13.3. The van der Waals surface area contributed by atoms with Crippen molar-refractivity contribution in [3.63, 3.8) is 0 Å². The normalized spacial score (nSPS) is 15.7. The van der Waals surface area contributed by atoms with Gasteiger partial charge in [-0.15, -0.1) is 0 Å². The van der Waals surface area contributed by atoms with E-state index < -0.39 is 15.7 Å². The monoisotopic (exact) mass is 446 g/mol. The number of nitrogens with zero attached hydrogens (tertiary/aromatic N) is 3. The number of nitrogens with two attached hydrogens (primary N) is 1. The van der Waals surface area contributed by atoms with Crippen molar-refractivity contribution in [1.29, 1.82) is 0 Å². The van der Waals surface area contributed by atoms with E-state index in [1.54, 1.807) is 31.3 Å². The Balaban J connectivity index is 1.83. The Morgan fingerprint density at radius 1 is 1.13 bits per heavy atom. The zero-order valence-electron chi connectivity index (χ0n) is 16.6. The molecule has 1 saturated carbocycles. The van der Waals surface area contributed by atoms with Crippen LogP contribution in [0.2, 0.25) is 5.02 Å². The van der Waals surface area contributed by atoms with Gasteiger partial charge in [-0.3, -0.25) is 0 Å². The highest BCUT2D eigenvalue weighted by Crippen LogP contribution is 2.30. The third-order valence-electron chi connectivity index (χ3n) is 5.75. The third-order valence-corrected chi connectivity index (χ3v) is 7.98. The van der Waals surface area contributed by atoms with Crippen molar-refractivity contribution in [2.75, 3.05) is 12.8 Å². The van der Waals surface area contributed by atoms with Gasteiger partial charge in [-0.25, -0.2) is 17.8 Å². The number of nitrogen functional groups attached to an aromatic ring is 1. The Kier molecular flexibility index (Phi) is 5.57. The molecule has 4 rings (SSSR count). The fraction of sp³-hybridized carbons (Fsp3) is 0.333. The second-order valence-electron chi connectivity index (χ2n) is 7.56. The molecule has 0 bridgehead atoms. The lowest BCUT2D eigenvalue weighted by Crippen LogP contribution is -2.38. The second-order valence-corrected chi connectivity index (χ2v) is 9.96. The van der Waals surface area contributed by atoms with Crippen LogP contribution >= 0.6 is 11.6 Å². The van der Waals surface area contributed by atoms with Crippen LogP contribution in [0.25, 0.3) is 16.6 Å². The van der Waals surface area contributed by atoms with Crippen LogP contribution in [0, 0.1) is 0 Å². The van der Waals surface area contributed by atoms with Gasteiger partial charge in [0.15, 0.2) is 0 Å². The zero-order chi connectivity index (χ0) is 21.5. The molecule has 0 amide bonds. The van der Waals surface area contributed by atoms with Gasteiger partial charge in [-0.1, -0.05) is 43.0 Å². The van der Waals surface area contributed by atoms with Crippen LogP contribution in [0.4, 0.5) is 5.82 Å². The highest BCUT2D eigenvalue weighted by atomic mass is 35.5. The highest BCUT2D eigenvalue weighted by molar-refractivity contribution is 7.89. The largest absolute Gasteiger partial charge is 0.384 e. The van der Waals surface area contributed by atoms with Crippen molar-refractivity contribution in [3.8, 4) is 5.69 Å². The van der Waals surface area contributed by atoms with E-state index >= 15 is 0 Å². The Morgan fingerprint density at radius 2 is 1.83 bits per heavy atom. The number of hydrogen-bond acceptors (Lipinski definition) is 5. The number of sulfonamides is 1. The topological polar surface area (TPSA) is 98.3 Å². The van der Waals surface area contributed by atoms with Gasteiger partial charge in [0.2, 0.25) is 10.0 Å². The number of fused-ring (bicyclic) bond motifs is 1. The predicted molar refractivity (Wildman–Crippen MR) is 119 cm³/mol. The third kappa shape index (κ3) is 3.59. The van der Waals surface area contributed by atoms with Crippen LogP contribution in [-0.2, 0) is 10.0 Å². The average Bonchev–Trinajstić information content (AvgIpc) is 2.75. The molecule has 7 nitrogen and oxygen atoms in total. The molecule has 1 aliphatic rings. The van der Waals surface area contributed by atoms with E-state index in [-0.39, 0.29) is 27.5 Å². The maximum Gasteiger partial charge on any atom is 0.354 e. The first-order valence-corrected chi connectivity index (χ1v) is 11.7. The summed E-state index contributed by atoms with van der Waals surface area (Å²) in [6.45, 7) is 0. The summed E-state index contributed by atoms with van der Waals surface area (Å²) in [6, 6.07) is 11.3. The highest BCUT2D eigenvalue weighted by Gasteiger charge is 2.30. The molecule has 1 aliphatic carbocycles.